The van der Waals surface area contributed by atoms with Gasteiger partial charge in [-0.05, 0) is 54.8 Å². The number of para-hydroxylation sites is 2. The molecular weight excluding hydrogens is 420 g/mol. The van der Waals surface area contributed by atoms with Crippen LogP contribution in [0.25, 0.3) is 0 Å². The monoisotopic (exact) mass is 448 g/mol. The van der Waals surface area contributed by atoms with E-state index in [-0.39, 0.29) is 18.4 Å². The summed E-state index contributed by atoms with van der Waals surface area (Å²) in [5, 5.41) is 5.66. The van der Waals surface area contributed by atoms with Crippen molar-refractivity contribution in [3.8, 4) is 17.2 Å². The molecule has 0 aliphatic rings. The first-order valence-corrected chi connectivity index (χ1v) is 10.6. The van der Waals surface area contributed by atoms with Crippen molar-refractivity contribution in [1.82, 2.24) is 5.32 Å². The van der Waals surface area contributed by atoms with Gasteiger partial charge in [0, 0.05) is 6.54 Å². The van der Waals surface area contributed by atoms with Crippen molar-refractivity contribution in [2.24, 2.45) is 0 Å². The fourth-order valence-corrected chi connectivity index (χ4v) is 3.29. The number of nitrogens with one attached hydrogen (secondary N) is 2. The summed E-state index contributed by atoms with van der Waals surface area (Å²) in [5.41, 5.74) is 2.76. The Kier molecular flexibility index (Phi) is 8.30. The summed E-state index contributed by atoms with van der Waals surface area (Å²) >= 11 is 0. The van der Waals surface area contributed by atoms with Crippen LogP contribution < -0.4 is 24.8 Å². The molecule has 0 heterocycles. The van der Waals surface area contributed by atoms with E-state index >= 15 is 0 Å². The molecular formula is C26H28N2O5. The lowest BCUT2D eigenvalue weighted by molar-refractivity contribution is -0.118. The van der Waals surface area contributed by atoms with Crippen LogP contribution in [0.2, 0.25) is 0 Å². The number of benzene rings is 3. The van der Waals surface area contributed by atoms with E-state index in [0.29, 0.717) is 41.5 Å². The molecule has 0 saturated heterocycles. The number of ether oxygens (including phenoxy) is 3. The van der Waals surface area contributed by atoms with Crippen molar-refractivity contribution in [3.63, 3.8) is 0 Å². The number of methoxy groups -OCH3 is 2. The topological polar surface area (TPSA) is 85.9 Å². The van der Waals surface area contributed by atoms with Gasteiger partial charge in [-0.3, -0.25) is 9.59 Å². The van der Waals surface area contributed by atoms with Crippen LogP contribution in [-0.4, -0.2) is 39.2 Å². The van der Waals surface area contributed by atoms with Crippen LogP contribution in [0.15, 0.2) is 66.7 Å². The third-order valence-electron chi connectivity index (χ3n) is 5.05. The maximum Gasteiger partial charge on any atom is 0.262 e. The molecule has 0 unspecified atom stereocenters. The molecule has 7 nitrogen and oxygen atoms in total. The fourth-order valence-electron chi connectivity index (χ4n) is 3.29. The smallest absolute Gasteiger partial charge is 0.262 e. The number of carbonyl (C=O) groups is 2. The number of hydrogen-bond donors (Lipinski definition) is 2. The first-order chi connectivity index (χ1) is 16.0. The third-order valence-corrected chi connectivity index (χ3v) is 5.05. The van der Waals surface area contributed by atoms with Gasteiger partial charge in [0.2, 0.25) is 0 Å². The Labute approximate surface area is 193 Å². The molecule has 0 atom stereocenters. The second-order valence-corrected chi connectivity index (χ2v) is 7.34. The summed E-state index contributed by atoms with van der Waals surface area (Å²) in [5.74, 6) is 1.33. The minimum absolute atomic E-state index is 0.153. The molecule has 7 heteroatoms. The number of hydrogen-bond acceptors (Lipinski definition) is 5. The first-order valence-electron chi connectivity index (χ1n) is 10.6. The quantitative estimate of drug-likeness (QED) is 0.490. The van der Waals surface area contributed by atoms with Gasteiger partial charge in [-0.1, -0.05) is 36.4 Å². The largest absolute Gasteiger partial charge is 0.493 e. The number of aryl methyl sites for hydroxylation is 1. The van der Waals surface area contributed by atoms with Crippen LogP contribution in [0, 0.1) is 6.92 Å². The van der Waals surface area contributed by atoms with Gasteiger partial charge in [0.25, 0.3) is 11.8 Å². The highest BCUT2D eigenvalue weighted by molar-refractivity contribution is 6.04. The minimum atomic E-state index is -0.344. The summed E-state index contributed by atoms with van der Waals surface area (Å²) < 4.78 is 16.2. The van der Waals surface area contributed by atoms with E-state index < -0.39 is 0 Å². The van der Waals surface area contributed by atoms with Gasteiger partial charge >= 0.3 is 0 Å². The molecule has 0 fully saturated rings. The van der Waals surface area contributed by atoms with Gasteiger partial charge < -0.3 is 24.8 Å². The molecule has 3 aromatic carbocycles. The predicted molar refractivity (Wildman–Crippen MR) is 127 cm³/mol. The van der Waals surface area contributed by atoms with Crippen molar-refractivity contribution in [1.29, 1.82) is 0 Å². The maximum atomic E-state index is 12.7. The lowest BCUT2D eigenvalue weighted by Gasteiger charge is -2.13. The van der Waals surface area contributed by atoms with Gasteiger partial charge in [0.1, 0.15) is 5.75 Å². The summed E-state index contributed by atoms with van der Waals surface area (Å²) in [6, 6.07) is 20.0. The van der Waals surface area contributed by atoms with Crippen molar-refractivity contribution in [2.75, 3.05) is 32.7 Å². The van der Waals surface area contributed by atoms with E-state index in [1.54, 1.807) is 38.5 Å². The van der Waals surface area contributed by atoms with Crippen LogP contribution in [-0.2, 0) is 11.2 Å². The molecule has 33 heavy (non-hydrogen) atoms. The molecule has 3 rings (SSSR count). The Morgan fingerprint density at radius 2 is 1.58 bits per heavy atom. The van der Waals surface area contributed by atoms with Crippen LogP contribution in [0.4, 0.5) is 5.69 Å². The maximum absolute atomic E-state index is 12.7. The average molecular weight is 449 g/mol. The molecule has 0 bridgehead atoms. The van der Waals surface area contributed by atoms with E-state index in [0.717, 1.165) is 11.1 Å². The highest BCUT2D eigenvalue weighted by Crippen LogP contribution is 2.27. The normalized spacial score (nSPS) is 10.3. The Morgan fingerprint density at radius 1 is 0.848 bits per heavy atom. The second-order valence-electron chi connectivity index (χ2n) is 7.34. The van der Waals surface area contributed by atoms with Crippen LogP contribution in [0.5, 0.6) is 17.2 Å². The molecule has 3 aromatic rings. The molecule has 0 aliphatic heterocycles. The lowest BCUT2D eigenvalue weighted by atomic mass is 10.1. The number of anilines is 1. The lowest BCUT2D eigenvalue weighted by Crippen LogP contribution is -2.28. The van der Waals surface area contributed by atoms with Gasteiger partial charge in [-0.2, -0.15) is 0 Å². The van der Waals surface area contributed by atoms with Crippen LogP contribution in [0.1, 0.15) is 21.5 Å². The Bertz CT molecular complexity index is 1110. The van der Waals surface area contributed by atoms with E-state index in [4.69, 9.17) is 14.2 Å². The Hall–Kier alpha value is -4.00. The molecule has 0 saturated carbocycles. The van der Waals surface area contributed by atoms with Crippen molar-refractivity contribution in [3.05, 3.63) is 83.4 Å². The highest BCUT2D eigenvalue weighted by atomic mass is 16.5. The summed E-state index contributed by atoms with van der Waals surface area (Å²) in [7, 11) is 3.17. The molecule has 0 radical (unpaired) electrons. The Morgan fingerprint density at radius 3 is 2.33 bits per heavy atom. The zero-order valence-corrected chi connectivity index (χ0v) is 19.0. The average Bonchev–Trinajstić information content (AvgIpc) is 2.83. The van der Waals surface area contributed by atoms with Crippen LogP contribution >= 0.6 is 0 Å². The van der Waals surface area contributed by atoms with Gasteiger partial charge in [-0.15, -0.1) is 0 Å². The summed E-state index contributed by atoms with van der Waals surface area (Å²) in [6.45, 7) is 2.18. The number of carbonyl (C=O) groups excluding carboxylic acids is 2. The number of amides is 2. The zero-order valence-electron chi connectivity index (χ0n) is 19.0. The fraction of sp³-hybridized carbons (Fsp3) is 0.231. The van der Waals surface area contributed by atoms with E-state index in [9.17, 15) is 9.59 Å². The van der Waals surface area contributed by atoms with Gasteiger partial charge in [0.05, 0.1) is 25.5 Å². The molecule has 2 N–H and O–H groups in total. The first kappa shape index (κ1) is 23.7. The molecule has 0 spiro atoms. The van der Waals surface area contributed by atoms with E-state index in [2.05, 4.69) is 10.6 Å². The van der Waals surface area contributed by atoms with Crippen LogP contribution in [0.3, 0.4) is 0 Å². The standard InChI is InChI=1S/C26H28N2O5/c1-18-8-4-7-11-22(18)33-17-25(29)28-21-10-6-5-9-20(21)26(30)27-15-14-19-12-13-23(31-2)24(16-19)32-3/h4-13,16H,14-15,17H2,1-3H3,(H,27,30)(H,28,29). The van der Waals surface area contributed by atoms with Gasteiger partial charge in [-0.25, -0.2) is 0 Å². The van der Waals surface area contributed by atoms with E-state index in [1.165, 1.54) is 0 Å². The predicted octanol–water partition coefficient (Wildman–Crippen LogP) is 4.00. The number of rotatable bonds is 10. The van der Waals surface area contributed by atoms with E-state index in [1.807, 2.05) is 49.4 Å². The van der Waals surface area contributed by atoms with Gasteiger partial charge in [0.15, 0.2) is 18.1 Å². The molecule has 172 valence electrons. The molecule has 0 aliphatic carbocycles. The van der Waals surface area contributed by atoms with Crippen molar-refractivity contribution >= 4 is 17.5 Å². The van der Waals surface area contributed by atoms with Crippen molar-refractivity contribution in [2.45, 2.75) is 13.3 Å². The molecule has 0 aromatic heterocycles. The SMILES string of the molecule is COc1ccc(CCNC(=O)c2ccccc2NC(=O)COc2ccccc2C)cc1OC. The van der Waals surface area contributed by atoms with Crippen molar-refractivity contribution < 1.29 is 23.8 Å². The third kappa shape index (κ3) is 6.49. The minimum Gasteiger partial charge on any atom is -0.493 e. The Balaban J connectivity index is 1.56. The zero-order chi connectivity index (χ0) is 23.6. The summed E-state index contributed by atoms with van der Waals surface area (Å²) in [6.07, 6.45) is 0.616. The highest BCUT2D eigenvalue weighted by Gasteiger charge is 2.14. The molecule has 2 amide bonds. The summed E-state index contributed by atoms with van der Waals surface area (Å²) in [4.78, 5) is 25.1. The second kappa shape index (κ2) is 11.6.